The summed E-state index contributed by atoms with van der Waals surface area (Å²) >= 11 is 0. The third-order valence-electron chi connectivity index (χ3n) is 1.68. The molecule has 0 saturated carbocycles. The Labute approximate surface area is 83.0 Å². The second-order valence-corrected chi connectivity index (χ2v) is 2.61. The first-order valence-electron chi connectivity index (χ1n) is 4.16. The zero-order chi connectivity index (χ0) is 10.2. The molecule has 3 nitrogen and oxygen atoms in total. The fourth-order valence-electron chi connectivity index (χ4n) is 1.07. The normalized spacial score (nSPS) is 12.5. The largest absolute Gasteiger partial charge is 0.411 e. The van der Waals surface area contributed by atoms with Gasteiger partial charge in [0, 0.05) is 0 Å². The lowest BCUT2D eigenvalue weighted by atomic mass is 10.1. The van der Waals surface area contributed by atoms with Crippen LogP contribution < -0.4 is 0 Å². The molecule has 0 spiro atoms. The number of hydrogen-bond donors (Lipinski definition) is 1. The molecule has 1 aromatic carbocycles. The molecule has 1 rings (SSSR count). The highest BCUT2D eigenvalue weighted by Gasteiger charge is 2.07. The third kappa shape index (κ3) is 2.92. The molecule has 0 saturated heterocycles. The average molecular weight is 189 g/mol. The van der Waals surface area contributed by atoms with Gasteiger partial charge in [0.2, 0.25) is 0 Å². The van der Waals surface area contributed by atoms with Crippen molar-refractivity contribution in [3.8, 4) is 12.3 Å². The highest BCUT2D eigenvalue weighted by Crippen LogP contribution is 2.14. The Morgan fingerprint density at radius 3 is 2.79 bits per heavy atom. The minimum absolute atomic E-state index is 0.186. The molecule has 0 amide bonds. The van der Waals surface area contributed by atoms with Crippen molar-refractivity contribution in [2.45, 2.75) is 6.10 Å². The summed E-state index contributed by atoms with van der Waals surface area (Å²) < 4.78 is 5.27. The Bertz CT molecular complexity index is 327. The van der Waals surface area contributed by atoms with Gasteiger partial charge in [-0.2, -0.15) is 0 Å². The summed E-state index contributed by atoms with van der Waals surface area (Å²) in [6.45, 7) is 0.186. The molecular formula is C11H11NO2. The summed E-state index contributed by atoms with van der Waals surface area (Å²) in [7, 11) is 0. The molecule has 14 heavy (non-hydrogen) atoms. The second kappa shape index (κ2) is 5.79. The number of oxime groups is 1. The van der Waals surface area contributed by atoms with Crippen molar-refractivity contribution < 1.29 is 9.94 Å². The molecule has 0 heterocycles. The van der Waals surface area contributed by atoms with E-state index in [0.717, 1.165) is 5.56 Å². The maximum atomic E-state index is 8.44. The molecule has 0 aliphatic carbocycles. The number of nitrogens with zero attached hydrogens (tertiary/aromatic N) is 1. The molecule has 1 unspecified atom stereocenters. The van der Waals surface area contributed by atoms with Gasteiger partial charge in [-0.3, -0.25) is 0 Å². The molecule has 1 atom stereocenters. The van der Waals surface area contributed by atoms with Gasteiger partial charge in [-0.1, -0.05) is 41.4 Å². The van der Waals surface area contributed by atoms with E-state index in [2.05, 4.69) is 11.1 Å². The van der Waals surface area contributed by atoms with Crippen LogP contribution in [0.5, 0.6) is 0 Å². The monoisotopic (exact) mass is 189 g/mol. The minimum atomic E-state index is -0.391. The van der Waals surface area contributed by atoms with Crippen LogP contribution in [0.4, 0.5) is 0 Å². The quantitative estimate of drug-likeness (QED) is 0.340. The lowest BCUT2D eigenvalue weighted by Crippen LogP contribution is -2.06. The first kappa shape index (κ1) is 10.3. The van der Waals surface area contributed by atoms with E-state index in [1.54, 1.807) is 0 Å². The highest BCUT2D eigenvalue weighted by atomic mass is 16.5. The van der Waals surface area contributed by atoms with Crippen LogP contribution in [0.2, 0.25) is 0 Å². The predicted octanol–water partition coefficient (Wildman–Crippen LogP) is 1.84. The lowest BCUT2D eigenvalue weighted by Gasteiger charge is -2.10. The van der Waals surface area contributed by atoms with Crippen LogP contribution in [0.25, 0.3) is 0 Å². The van der Waals surface area contributed by atoms with E-state index >= 15 is 0 Å². The minimum Gasteiger partial charge on any atom is -0.411 e. The number of terminal acetylenes is 1. The van der Waals surface area contributed by atoms with Gasteiger partial charge in [-0.25, -0.2) is 0 Å². The van der Waals surface area contributed by atoms with Crippen molar-refractivity contribution in [1.82, 2.24) is 0 Å². The van der Waals surface area contributed by atoms with Gasteiger partial charge in [0.1, 0.15) is 12.7 Å². The molecule has 3 heteroatoms. The molecule has 72 valence electrons. The van der Waals surface area contributed by atoms with E-state index in [-0.39, 0.29) is 6.61 Å². The van der Waals surface area contributed by atoms with Crippen LogP contribution in [-0.4, -0.2) is 18.0 Å². The predicted molar refractivity (Wildman–Crippen MR) is 54.2 cm³/mol. The van der Waals surface area contributed by atoms with Crippen LogP contribution in [0, 0.1) is 12.3 Å². The number of hydrogen-bond acceptors (Lipinski definition) is 3. The molecule has 0 radical (unpaired) electrons. The van der Waals surface area contributed by atoms with Crippen molar-refractivity contribution in [2.24, 2.45) is 5.16 Å². The Balaban J connectivity index is 2.73. The van der Waals surface area contributed by atoms with Gasteiger partial charge >= 0.3 is 0 Å². The maximum absolute atomic E-state index is 8.44. The zero-order valence-electron chi connectivity index (χ0n) is 7.63. The van der Waals surface area contributed by atoms with Gasteiger partial charge in [-0.05, 0) is 5.56 Å². The van der Waals surface area contributed by atoms with Crippen molar-refractivity contribution >= 4 is 6.21 Å². The first-order chi connectivity index (χ1) is 6.88. The number of ether oxygens (including phenoxy) is 1. The maximum Gasteiger partial charge on any atom is 0.122 e. The van der Waals surface area contributed by atoms with Crippen molar-refractivity contribution in [3.05, 3.63) is 35.9 Å². The first-order valence-corrected chi connectivity index (χ1v) is 4.16. The van der Waals surface area contributed by atoms with Gasteiger partial charge < -0.3 is 9.94 Å². The van der Waals surface area contributed by atoms with Crippen LogP contribution in [-0.2, 0) is 4.74 Å². The van der Waals surface area contributed by atoms with E-state index in [0.29, 0.717) is 0 Å². The second-order valence-electron chi connectivity index (χ2n) is 2.61. The molecule has 0 aliphatic rings. The molecular weight excluding hydrogens is 178 g/mol. The summed E-state index contributed by atoms with van der Waals surface area (Å²) in [4.78, 5) is 0. The van der Waals surface area contributed by atoms with Crippen LogP contribution in [0.1, 0.15) is 11.7 Å². The smallest absolute Gasteiger partial charge is 0.122 e. The summed E-state index contributed by atoms with van der Waals surface area (Å²) in [5.41, 5.74) is 0.903. The Hall–Kier alpha value is -1.79. The van der Waals surface area contributed by atoms with Gasteiger partial charge in [0.15, 0.2) is 0 Å². The lowest BCUT2D eigenvalue weighted by molar-refractivity contribution is 0.129. The van der Waals surface area contributed by atoms with E-state index in [9.17, 15) is 0 Å². The summed E-state index contributed by atoms with van der Waals surface area (Å²) in [5.74, 6) is 2.36. The zero-order valence-corrected chi connectivity index (χ0v) is 7.63. The van der Waals surface area contributed by atoms with Gasteiger partial charge in [0.05, 0.1) is 6.21 Å². The average Bonchev–Trinajstić information content (AvgIpc) is 2.25. The Morgan fingerprint density at radius 1 is 1.50 bits per heavy atom. The van der Waals surface area contributed by atoms with E-state index in [1.165, 1.54) is 6.21 Å². The van der Waals surface area contributed by atoms with Crippen molar-refractivity contribution in [2.75, 3.05) is 6.61 Å². The third-order valence-corrected chi connectivity index (χ3v) is 1.68. The fraction of sp³-hybridized carbons (Fsp3) is 0.182. The van der Waals surface area contributed by atoms with Crippen molar-refractivity contribution in [1.29, 1.82) is 0 Å². The van der Waals surface area contributed by atoms with Crippen LogP contribution >= 0.6 is 0 Å². The van der Waals surface area contributed by atoms with E-state index in [1.807, 2.05) is 30.3 Å². The van der Waals surface area contributed by atoms with Crippen molar-refractivity contribution in [3.63, 3.8) is 0 Å². The summed E-state index contributed by atoms with van der Waals surface area (Å²) in [6.07, 6.45) is 5.98. The van der Waals surface area contributed by atoms with Gasteiger partial charge in [-0.15, -0.1) is 6.42 Å². The molecule has 0 fully saturated rings. The summed E-state index contributed by atoms with van der Waals surface area (Å²) in [5, 5.41) is 11.4. The number of benzene rings is 1. The highest BCUT2D eigenvalue weighted by molar-refractivity contribution is 5.65. The Kier molecular flexibility index (Phi) is 4.25. The topological polar surface area (TPSA) is 41.8 Å². The van der Waals surface area contributed by atoms with Gasteiger partial charge in [0.25, 0.3) is 0 Å². The van der Waals surface area contributed by atoms with E-state index < -0.39 is 6.10 Å². The molecule has 0 bridgehead atoms. The molecule has 0 aliphatic heterocycles. The summed E-state index contributed by atoms with van der Waals surface area (Å²) in [6, 6.07) is 9.42. The molecule has 1 aromatic rings. The fourth-order valence-corrected chi connectivity index (χ4v) is 1.07. The van der Waals surface area contributed by atoms with Crippen LogP contribution in [0.3, 0.4) is 0 Å². The molecule has 1 N–H and O–H groups in total. The van der Waals surface area contributed by atoms with E-state index in [4.69, 9.17) is 16.4 Å². The number of rotatable bonds is 4. The SMILES string of the molecule is C#CCOC(/C=N/O)c1ccccc1. The standard InChI is InChI=1S/C11H11NO2/c1-2-8-14-11(9-12-13)10-6-4-3-5-7-10/h1,3-7,9,11,13H,8H2/b12-9+. The Morgan fingerprint density at radius 2 is 2.21 bits per heavy atom. The van der Waals surface area contributed by atoms with Crippen LogP contribution in [0.15, 0.2) is 35.5 Å². The molecule has 0 aromatic heterocycles.